The van der Waals surface area contributed by atoms with Crippen LogP contribution in [0.5, 0.6) is 0 Å². The van der Waals surface area contributed by atoms with Crippen molar-refractivity contribution in [3.8, 4) is 0 Å². The van der Waals surface area contributed by atoms with E-state index in [0.29, 0.717) is 13.1 Å². The van der Waals surface area contributed by atoms with Crippen LogP contribution in [0.1, 0.15) is 19.8 Å². The van der Waals surface area contributed by atoms with Gasteiger partial charge >= 0.3 is 0 Å². The van der Waals surface area contributed by atoms with Gasteiger partial charge in [0, 0.05) is 19.1 Å². The number of sulfonamides is 1. The number of hydrogen-bond donors (Lipinski definition) is 1. The Kier molecular flexibility index (Phi) is 4.50. The van der Waals surface area contributed by atoms with Crippen LogP contribution in [0.4, 0.5) is 0 Å². The number of nitrogens with zero attached hydrogens (tertiary/aromatic N) is 1. The zero-order valence-corrected chi connectivity index (χ0v) is 12.5. The van der Waals surface area contributed by atoms with Gasteiger partial charge in [-0.25, -0.2) is 8.42 Å². The molecule has 106 valence electrons. The predicted octanol–water partition coefficient (Wildman–Crippen LogP) is 2.09. The van der Waals surface area contributed by atoms with Gasteiger partial charge in [0.25, 0.3) is 0 Å². The highest BCUT2D eigenvalue weighted by Crippen LogP contribution is 2.31. The van der Waals surface area contributed by atoms with Crippen LogP contribution in [0.15, 0.2) is 29.2 Å². The van der Waals surface area contributed by atoms with Crippen LogP contribution in [0.25, 0.3) is 0 Å². The molecule has 0 bridgehead atoms. The van der Waals surface area contributed by atoms with E-state index in [0.717, 1.165) is 12.8 Å². The minimum Gasteiger partial charge on any atom is -0.329 e. The molecule has 0 radical (unpaired) electrons. The summed E-state index contributed by atoms with van der Waals surface area (Å²) in [5, 5.41) is 0.261. The third-order valence-corrected chi connectivity index (χ3v) is 6.15. The molecule has 1 aromatic carbocycles. The molecule has 0 saturated carbocycles. The molecule has 2 atom stereocenters. The van der Waals surface area contributed by atoms with Gasteiger partial charge in [-0.2, -0.15) is 4.31 Å². The van der Waals surface area contributed by atoms with Gasteiger partial charge < -0.3 is 5.73 Å². The summed E-state index contributed by atoms with van der Waals surface area (Å²) in [4.78, 5) is 0.171. The average molecular weight is 303 g/mol. The fraction of sp³-hybridized carbons (Fsp3) is 0.538. The Labute approximate surface area is 119 Å². The standard InChI is InChI=1S/C13H19ClN2O2S/c1-10-5-4-8-16(12(10)9-15)19(17,18)13-7-3-2-6-11(13)14/h2-3,6-7,10,12H,4-5,8-9,15H2,1H3. The van der Waals surface area contributed by atoms with Crippen LogP contribution in [-0.4, -0.2) is 31.9 Å². The predicted molar refractivity (Wildman–Crippen MR) is 76.6 cm³/mol. The Morgan fingerprint density at radius 1 is 1.42 bits per heavy atom. The fourth-order valence-electron chi connectivity index (χ4n) is 2.64. The zero-order chi connectivity index (χ0) is 14.0. The van der Waals surface area contributed by atoms with E-state index in [1.165, 1.54) is 4.31 Å². The summed E-state index contributed by atoms with van der Waals surface area (Å²) in [6.07, 6.45) is 1.87. The first-order chi connectivity index (χ1) is 8.98. The van der Waals surface area contributed by atoms with Crippen molar-refractivity contribution >= 4 is 21.6 Å². The van der Waals surface area contributed by atoms with Crippen molar-refractivity contribution in [3.63, 3.8) is 0 Å². The molecule has 1 aliphatic heterocycles. The molecule has 0 spiro atoms. The molecule has 0 aromatic heterocycles. The maximum absolute atomic E-state index is 12.7. The number of rotatable bonds is 3. The van der Waals surface area contributed by atoms with E-state index >= 15 is 0 Å². The molecule has 1 saturated heterocycles. The molecule has 1 fully saturated rings. The molecule has 2 rings (SSSR count). The number of piperidine rings is 1. The minimum atomic E-state index is -3.57. The monoisotopic (exact) mass is 302 g/mol. The molecule has 2 N–H and O–H groups in total. The van der Waals surface area contributed by atoms with Gasteiger partial charge in [-0.15, -0.1) is 0 Å². The molecule has 0 aliphatic carbocycles. The van der Waals surface area contributed by atoms with E-state index in [2.05, 4.69) is 0 Å². The van der Waals surface area contributed by atoms with Gasteiger partial charge in [-0.05, 0) is 30.9 Å². The smallest absolute Gasteiger partial charge is 0.244 e. The van der Waals surface area contributed by atoms with Crippen molar-refractivity contribution in [1.29, 1.82) is 0 Å². The van der Waals surface area contributed by atoms with E-state index in [1.807, 2.05) is 6.92 Å². The fourth-order valence-corrected chi connectivity index (χ4v) is 4.91. The van der Waals surface area contributed by atoms with Crippen LogP contribution in [0.3, 0.4) is 0 Å². The molecule has 0 amide bonds. The lowest BCUT2D eigenvalue weighted by Gasteiger charge is -2.38. The molecule has 6 heteroatoms. The lowest BCUT2D eigenvalue weighted by molar-refractivity contribution is 0.192. The highest BCUT2D eigenvalue weighted by Gasteiger charge is 2.37. The highest BCUT2D eigenvalue weighted by atomic mass is 35.5. The highest BCUT2D eigenvalue weighted by molar-refractivity contribution is 7.89. The number of hydrogen-bond acceptors (Lipinski definition) is 3. The van der Waals surface area contributed by atoms with Gasteiger partial charge in [-0.1, -0.05) is 30.7 Å². The Balaban J connectivity index is 2.41. The summed E-state index contributed by atoms with van der Waals surface area (Å²) in [6.45, 7) is 2.90. The second-order valence-corrected chi connectivity index (χ2v) is 7.23. The summed E-state index contributed by atoms with van der Waals surface area (Å²) < 4.78 is 26.9. The van der Waals surface area contributed by atoms with Crippen molar-refractivity contribution in [1.82, 2.24) is 4.31 Å². The first-order valence-corrected chi connectivity index (χ1v) is 8.26. The molecule has 1 aliphatic rings. The van der Waals surface area contributed by atoms with Crippen molar-refractivity contribution in [2.75, 3.05) is 13.1 Å². The maximum Gasteiger partial charge on any atom is 0.244 e. The SMILES string of the molecule is CC1CCCN(S(=O)(=O)c2ccccc2Cl)C1CN. The second-order valence-electron chi connectivity index (χ2n) is 4.97. The summed E-state index contributed by atoms with van der Waals surface area (Å²) in [6, 6.07) is 6.41. The normalized spacial score (nSPS) is 25.4. The van der Waals surface area contributed by atoms with Gasteiger partial charge in [0.2, 0.25) is 10.0 Å². The quantitative estimate of drug-likeness (QED) is 0.930. The molecule has 1 aromatic rings. The minimum absolute atomic E-state index is 0.143. The lowest BCUT2D eigenvalue weighted by atomic mass is 9.93. The number of nitrogens with two attached hydrogens (primary N) is 1. The molecule has 4 nitrogen and oxygen atoms in total. The second kappa shape index (κ2) is 5.79. The van der Waals surface area contributed by atoms with Crippen LogP contribution in [-0.2, 0) is 10.0 Å². The van der Waals surface area contributed by atoms with E-state index in [-0.39, 0.29) is 21.9 Å². The molecule has 1 heterocycles. The zero-order valence-electron chi connectivity index (χ0n) is 10.9. The Hall–Kier alpha value is -0.620. The van der Waals surface area contributed by atoms with Crippen molar-refractivity contribution in [2.45, 2.75) is 30.7 Å². The summed E-state index contributed by atoms with van der Waals surface area (Å²) in [5.41, 5.74) is 5.76. The van der Waals surface area contributed by atoms with Gasteiger partial charge in [-0.3, -0.25) is 0 Å². The van der Waals surface area contributed by atoms with Crippen LogP contribution in [0, 0.1) is 5.92 Å². The van der Waals surface area contributed by atoms with E-state index in [4.69, 9.17) is 17.3 Å². The average Bonchev–Trinajstić information content (AvgIpc) is 2.38. The largest absolute Gasteiger partial charge is 0.329 e. The topological polar surface area (TPSA) is 63.4 Å². The lowest BCUT2D eigenvalue weighted by Crippen LogP contribution is -2.51. The van der Waals surface area contributed by atoms with Crippen molar-refractivity contribution in [2.24, 2.45) is 11.7 Å². The molecule has 19 heavy (non-hydrogen) atoms. The third-order valence-electron chi connectivity index (χ3n) is 3.73. The summed E-state index contributed by atoms with van der Waals surface area (Å²) in [7, 11) is -3.57. The molecular formula is C13H19ClN2O2S. The third kappa shape index (κ3) is 2.79. The van der Waals surface area contributed by atoms with Gasteiger partial charge in [0.1, 0.15) is 4.90 Å². The van der Waals surface area contributed by atoms with Gasteiger partial charge in [0.15, 0.2) is 0 Å². The summed E-state index contributed by atoms with van der Waals surface area (Å²) >= 11 is 6.02. The van der Waals surface area contributed by atoms with E-state index in [1.54, 1.807) is 24.3 Å². The Bertz CT molecular complexity index is 547. The van der Waals surface area contributed by atoms with Crippen molar-refractivity contribution < 1.29 is 8.42 Å². The summed E-state index contributed by atoms with van der Waals surface area (Å²) in [5.74, 6) is 0.274. The van der Waals surface area contributed by atoms with Crippen LogP contribution < -0.4 is 5.73 Å². The molecular weight excluding hydrogens is 284 g/mol. The molecule has 2 unspecified atom stereocenters. The van der Waals surface area contributed by atoms with E-state index < -0.39 is 10.0 Å². The first-order valence-electron chi connectivity index (χ1n) is 6.45. The number of benzene rings is 1. The van der Waals surface area contributed by atoms with Crippen molar-refractivity contribution in [3.05, 3.63) is 29.3 Å². The first kappa shape index (κ1) is 14.8. The van der Waals surface area contributed by atoms with Crippen LogP contribution >= 0.6 is 11.6 Å². The Morgan fingerprint density at radius 3 is 2.74 bits per heavy atom. The van der Waals surface area contributed by atoms with Gasteiger partial charge in [0.05, 0.1) is 5.02 Å². The number of halogens is 1. The van der Waals surface area contributed by atoms with E-state index in [9.17, 15) is 8.42 Å². The Morgan fingerprint density at radius 2 is 2.11 bits per heavy atom. The maximum atomic E-state index is 12.7. The van der Waals surface area contributed by atoms with Crippen LogP contribution in [0.2, 0.25) is 5.02 Å².